The maximum atomic E-state index is 11.8. The highest BCUT2D eigenvalue weighted by molar-refractivity contribution is 5.90. The Morgan fingerprint density at radius 2 is 2.18 bits per heavy atom. The van der Waals surface area contributed by atoms with Gasteiger partial charge in [0.1, 0.15) is 12.1 Å². The average Bonchev–Trinajstić information content (AvgIpc) is 2.72. The number of anilines is 1. The number of carboxylic acid groups (broad SMARTS) is 1. The summed E-state index contributed by atoms with van der Waals surface area (Å²) in [4.78, 5) is 22.4. The average molecular weight is 234 g/mol. The number of rotatable bonds is 3. The van der Waals surface area contributed by atoms with Crippen LogP contribution in [0.3, 0.4) is 0 Å². The Hall–Kier alpha value is -2.04. The number of nitrogens with one attached hydrogen (secondary N) is 2. The van der Waals surface area contributed by atoms with E-state index in [0.717, 1.165) is 11.3 Å². The van der Waals surface area contributed by atoms with E-state index in [4.69, 9.17) is 5.11 Å². The summed E-state index contributed by atoms with van der Waals surface area (Å²) in [6, 6.07) is 6.42. The fourth-order valence-corrected chi connectivity index (χ4v) is 1.83. The molecular formula is C12H14N2O3. The van der Waals surface area contributed by atoms with Crippen LogP contribution >= 0.6 is 0 Å². The molecule has 2 rings (SSSR count). The number of carboxylic acids is 1. The zero-order chi connectivity index (χ0) is 12.4. The predicted octanol–water partition coefficient (Wildman–Crippen LogP) is 0.612. The third-order valence-corrected chi connectivity index (χ3v) is 2.82. The Bertz CT molecular complexity index is 434. The molecule has 1 aromatic rings. The predicted molar refractivity (Wildman–Crippen MR) is 62.8 cm³/mol. The first-order valence-electron chi connectivity index (χ1n) is 5.45. The summed E-state index contributed by atoms with van der Waals surface area (Å²) in [6.07, 6.45) is 0.592. The first-order valence-corrected chi connectivity index (χ1v) is 5.45. The van der Waals surface area contributed by atoms with Crippen molar-refractivity contribution in [2.45, 2.75) is 25.4 Å². The van der Waals surface area contributed by atoms with Crippen LogP contribution in [0.25, 0.3) is 0 Å². The van der Waals surface area contributed by atoms with Crippen LogP contribution < -0.4 is 10.6 Å². The number of aliphatic carboxylic acids is 1. The maximum absolute atomic E-state index is 11.8. The smallest absolute Gasteiger partial charge is 0.325 e. The van der Waals surface area contributed by atoms with Crippen molar-refractivity contribution in [1.29, 1.82) is 0 Å². The molecule has 1 unspecified atom stereocenters. The lowest BCUT2D eigenvalue weighted by atomic mass is 10.1. The van der Waals surface area contributed by atoms with E-state index in [-0.39, 0.29) is 11.9 Å². The Morgan fingerprint density at radius 3 is 2.82 bits per heavy atom. The van der Waals surface area contributed by atoms with Gasteiger partial charge in [-0.25, -0.2) is 0 Å². The first kappa shape index (κ1) is 11.4. The molecule has 1 heterocycles. The van der Waals surface area contributed by atoms with Crippen LogP contribution in [0.15, 0.2) is 24.3 Å². The number of amides is 1. The van der Waals surface area contributed by atoms with E-state index >= 15 is 0 Å². The van der Waals surface area contributed by atoms with Gasteiger partial charge < -0.3 is 15.7 Å². The summed E-state index contributed by atoms with van der Waals surface area (Å²) >= 11 is 0. The Kier molecular flexibility index (Phi) is 2.99. The number of para-hydroxylation sites is 1. The van der Waals surface area contributed by atoms with Gasteiger partial charge in [0.2, 0.25) is 5.91 Å². The van der Waals surface area contributed by atoms with E-state index in [1.54, 1.807) is 0 Å². The van der Waals surface area contributed by atoms with Crippen molar-refractivity contribution in [2.75, 3.05) is 5.32 Å². The van der Waals surface area contributed by atoms with Crippen LogP contribution in [-0.4, -0.2) is 29.1 Å². The molecule has 1 aliphatic heterocycles. The van der Waals surface area contributed by atoms with Gasteiger partial charge in [0.05, 0.1) is 0 Å². The normalized spacial score (nSPS) is 19.0. The van der Waals surface area contributed by atoms with Crippen LogP contribution in [0.5, 0.6) is 0 Å². The van der Waals surface area contributed by atoms with Gasteiger partial charge in [0.25, 0.3) is 0 Å². The zero-order valence-electron chi connectivity index (χ0n) is 9.43. The Labute approximate surface area is 98.8 Å². The lowest BCUT2D eigenvalue weighted by Crippen LogP contribution is -2.45. The molecular weight excluding hydrogens is 220 g/mol. The standard InChI is InChI=1S/C12H14N2O3/c1-7(12(16)17)13-11(15)10-6-8-4-2-3-5-9(8)14-10/h2-5,7,10,14H,6H2,1H3,(H,13,15)(H,16,17)/t7?,10-/m1/s1. The van der Waals surface area contributed by atoms with Crippen molar-refractivity contribution >= 4 is 17.6 Å². The summed E-state index contributed by atoms with van der Waals surface area (Å²) in [5.74, 6) is -1.31. The molecule has 5 heteroatoms. The molecule has 5 nitrogen and oxygen atoms in total. The number of fused-ring (bicyclic) bond motifs is 1. The summed E-state index contributed by atoms with van der Waals surface area (Å²) in [5.41, 5.74) is 2.02. The van der Waals surface area contributed by atoms with Gasteiger partial charge in [-0.15, -0.1) is 0 Å². The molecule has 0 aliphatic carbocycles. The molecule has 0 saturated heterocycles. The van der Waals surface area contributed by atoms with E-state index < -0.39 is 12.0 Å². The van der Waals surface area contributed by atoms with E-state index in [0.29, 0.717) is 6.42 Å². The largest absolute Gasteiger partial charge is 0.480 e. The van der Waals surface area contributed by atoms with Crippen LogP contribution in [0.2, 0.25) is 0 Å². The van der Waals surface area contributed by atoms with E-state index in [1.165, 1.54) is 6.92 Å². The minimum atomic E-state index is -1.03. The van der Waals surface area contributed by atoms with Crippen LogP contribution in [0, 0.1) is 0 Å². The quantitative estimate of drug-likeness (QED) is 0.716. The highest BCUT2D eigenvalue weighted by Crippen LogP contribution is 2.25. The summed E-state index contributed by atoms with van der Waals surface area (Å²) in [7, 11) is 0. The van der Waals surface area contributed by atoms with Crippen LogP contribution in [-0.2, 0) is 16.0 Å². The third-order valence-electron chi connectivity index (χ3n) is 2.82. The van der Waals surface area contributed by atoms with Gasteiger partial charge >= 0.3 is 5.97 Å². The number of benzene rings is 1. The minimum Gasteiger partial charge on any atom is -0.480 e. The molecule has 0 saturated carbocycles. The molecule has 0 spiro atoms. The first-order chi connectivity index (χ1) is 8.08. The van der Waals surface area contributed by atoms with Crippen molar-refractivity contribution in [3.8, 4) is 0 Å². The number of carbonyl (C=O) groups excluding carboxylic acids is 1. The van der Waals surface area contributed by atoms with Crippen molar-refractivity contribution < 1.29 is 14.7 Å². The van der Waals surface area contributed by atoms with Gasteiger partial charge in [-0.3, -0.25) is 9.59 Å². The monoisotopic (exact) mass is 234 g/mol. The summed E-state index contributed by atoms with van der Waals surface area (Å²) in [5, 5.41) is 14.2. The maximum Gasteiger partial charge on any atom is 0.325 e. The molecule has 1 aromatic carbocycles. The SMILES string of the molecule is CC(NC(=O)[C@H]1Cc2ccccc2N1)C(=O)O. The topological polar surface area (TPSA) is 78.4 Å². The van der Waals surface area contributed by atoms with Crippen LogP contribution in [0.4, 0.5) is 5.69 Å². The van der Waals surface area contributed by atoms with Crippen molar-refractivity contribution in [2.24, 2.45) is 0 Å². The second kappa shape index (κ2) is 4.45. The highest BCUT2D eigenvalue weighted by atomic mass is 16.4. The van der Waals surface area contributed by atoms with Crippen LogP contribution in [0.1, 0.15) is 12.5 Å². The molecule has 1 aliphatic rings. The van der Waals surface area contributed by atoms with Crippen molar-refractivity contribution in [3.63, 3.8) is 0 Å². The van der Waals surface area contributed by atoms with E-state index in [1.807, 2.05) is 24.3 Å². The summed E-state index contributed by atoms with van der Waals surface area (Å²) < 4.78 is 0. The van der Waals surface area contributed by atoms with Gasteiger partial charge in [0.15, 0.2) is 0 Å². The molecule has 3 N–H and O–H groups in total. The lowest BCUT2D eigenvalue weighted by Gasteiger charge is -2.14. The zero-order valence-corrected chi connectivity index (χ0v) is 9.43. The van der Waals surface area contributed by atoms with E-state index in [9.17, 15) is 9.59 Å². The molecule has 0 aromatic heterocycles. The fraction of sp³-hybridized carbons (Fsp3) is 0.333. The molecule has 2 atom stereocenters. The van der Waals surface area contributed by atoms with Gasteiger partial charge in [-0.2, -0.15) is 0 Å². The van der Waals surface area contributed by atoms with Gasteiger partial charge in [-0.05, 0) is 18.6 Å². The molecule has 17 heavy (non-hydrogen) atoms. The minimum absolute atomic E-state index is 0.281. The molecule has 0 bridgehead atoms. The van der Waals surface area contributed by atoms with Gasteiger partial charge in [0, 0.05) is 12.1 Å². The Morgan fingerprint density at radius 1 is 1.47 bits per heavy atom. The second-order valence-electron chi connectivity index (χ2n) is 4.13. The van der Waals surface area contributed by atoms with Gasteiger partial charge in [-0.1, -0.05) is 18.2 Å². The number of hydrogen-bond acceptors (Lipinski definition) is 3. The molecule has 1 amide bonds. The lowest BCUT2D eigenvalue weighted by molar-refractivity contribution is -0.141. The highest BCUT2D eigenvalue weighted by Gasteiger charge is 2.28. The second-order valence-corrected chi connectivity index (χ2v) is 4.13. The Balaban J connectivity index is 1.99. The molecule has 90 valence electrons. The molecule has 0 radical (unpaired) electrons. The third kappa shape index (κ3) is 2.38. The number of carbonyl (C=O) groups is 2. The van der Waals surface area contributed by atoms with Crippen molar-refractivity contribution in [1.82, 2.24) is 5.32 Å². The number of hydrogen-bond donors (Lipinski definition) is 3. The summed E-state index contributed by atoms with van der Waals surface area (Å²) in [6.45, 7) is 1.45. The van der Waals surface area contributed by atoms with E-state index in [2.05, 4.69) is 10.6 Å². The van der Waals surface area contributed by atoms with Crippen molar-refractivity contribution in [3.05, 3.63) is 29.8 Å². The fourth-order valence-electron chi connectivity index (χ4n) is 1.83. The molecule has 0 fully saturated rings.